The lowest BCUT2D eigenvalue weighted by Gasteiger charge is -2.42. The summed E-state index contributed by atoms with van der Waals surface area (Å²) in [5.74, 6) is 0.562. The number of amides is 1. The Labute approximate surface area is 232 Å². The van der Waals surface area contributed by atoms with Gasteiger partial charge in [-0.3, -0.25) is 5.32 Å². The summed E-state index contributed by atoms with van der Waals surface area (Å²) in [6, 6.07) is 13.8. The Kier molecular flexibility index (Phi) is 7.58. The van der Waals surface area contributed by atoms with Crippen molar-refractivity contribution in [2.75, 3.05) is 11.6 Å². The van der Waals surface area contributed by atoms with Gasteiger partial charge in [0, 0.05) is 17.1 Å². The third kappa shape index (κ3) is 5.77. The van der Waals surface area contributed by atoms with Crippen LogP contribution >= 0.6 is 23.4 Å². The van der Waals surface area contributed by atoms with Gasteiger partial charge in [0.25, 0.3) is 0 Å². The number of hydrogen-bond acceptors (Lipinski definition) is 7. The lowest BCUT2D eigenvalue weighted by atomic mass is 9.74. The number of thioether (sulfide) groups is 1. The van der Waals surface area contributed by atoms with Crippen molar-refractivity contribution in [3.05, 3.63) is 75.4 Å². The fourth-order valence-electron chi connectivity index (χ4n) is 5.06. The van der Waals surface area contributed by atoms with Crippen molar-refractivity contribution in [3.8, 4) is 5.88 Å². The number of rotatable bonds is 5. The summed E-state index contributed by atoms with van der Waals surface area (Å²) < 4.78 is 18.3. The zero-order valence-corrected chi connectivity index (χ0v) is 23.7. The first-order valence-corrected chi connectivity index (χ1v) is 14.3. The van der Waals surface area contributed by atoms with Gasteiger partial charge in [0.1, 0.15) is 12.2 Å². The van der Waals surface area contributed by atoms with E-state index in [-0.39, 0.29) is 0 Å². The van der Waals surface area contributed by atoms with Crippen LogP contribution in [0.25, 0.3) is 0 Å². The van der Waals surface area contributed by atoms with Gasteiger partial charge in [-0.2, -0.15) is 4.98 Å². The Bertz CT molecular complexity index is 1350. The van der Waals surface area contributed by atoms with Crippen molar-refractivity contribution in [2.45, 2.75) is 76.0 Å². The molecule has 0 fully saturated rings. The molecule has 0 radical (unpaired) electrons. The van der Waals surface area contributed by atoms with Crippen molar-refractivity contribution >= 4 is 35.1 Å². The van der Waals surface area contributed by atoms with Crippen LogP contribution in [0, 0.1) is 0 Å². The van der Waals surface area contributed by atoms with Crippen molar-refractivity contribution in [3.63, 3.8) is 0 Å². The van der Waals surface area contributed by atoms with Crippen LogP contribution in [0.1, 0.15) is 61.6 Å². The quantitative estimate of drug-likeness (QED) is 0.267. The van der Waals surface area contributed by atoms with Crippen molar-refractivity contribution < 1.29 is 19.0 Å². The first-order chi connectivity index (χ1) is 18.2. The minimum absolute atomic E-state index is 0.328. The molecule has 0 saturated carbocycles. The van der Waals surface area contributed by atoms with Gasteiger partial charge in [0.15, 0.2) is 5.16 Å². The maximum Gasteiger partial charge on any atom is 0.412 e. The second-order valence-electron chi connectivity index (χ2n) is 10.6. The minimum atomic E-state index is -0.603. The maximum absolute atomic E-state index is 12.5. The Morgan fingerprint density at radius 1 is 1.18 bits per heavy atom. The third-order valence-electron chi connectivity index (χ3n) is 6.72. The molecule has 200 valence electrons. The van der Waals surface area contributed by atoms with Gasteiger partial charge in [0.2, 0.25) is 5.88 Å². The molecular formula is C29H32ClN3O4S. The largest absolute Gasteiger partial charge is 0.472 e. The van der Waals surface area contributed by atoms with Crippen molar-refractivity contribution in [2.24, 2.45) is 0 Å². The number of anilines is 1. The van der Waals surface area contributed by atoms with Crippen LogP contribution in [0.5, 0.6) is 5.88 Å². The first-order valence-electron chi connectivity index (χ1n) is 12.7. The highest BCUT2D eigenvalue weighted by atomic mass is 35.5. The molecule has 3 aromatic rings. The molecule has 0 saturated heterocycles. The smallest absolute Gasteiger partial charge is 0.412 e. The summed E-state index contributed by atoms with van der Waals surface area (Å²) in [6.45, 7) is 6.24. The normalized spacial score (nSPS) is 18.4. The lowest BCUT2D eigenvalue weighted by molar-refractivity contribution is -0.0867. The summed E-state index contributed by atoms with van der Waals surface area (Å²) in [5.41, 5.74) is 4.29. The minimum Gasteiger partial charge on any atom is -0.472 e. The van der Waals surface area contributed by atoms with Crippen LogP contribution in [-0.2, 0) is 41.1 Å². The maximum atomic E-state index is 12.5. The van der Waals surface area contributed by atoms with Crippen LogP contribution in [0.2, 0.25) is 5.02 Å². The van der Waals surface area contributed by atoms with E-state index in [1.54, 1.807) is 6.07 Å². The number of nitrogens with zero attached hydrogens (tertiary/aromatic N) is 2. The van der Waals surface area contributed by atoms with E-state index in [4.69, 9.17) is 30.8 Å². The molecule has 9 heteroatoms. The highest BCUT2D eigenvalue weighted by Crippen LogP contribution is 2.48. The van der Waals surface area contributed by atoms with Crippen LogP contribution in [-0.4, -0.2) is 27.9 Å². The van der Waals surface area contributed by atoms with Crippen LogP contribution in [0.15, 0.2) is 47.6 Å². The van der Waals surface area contributed by atoms with Gasteiger partial charge < -0.3 is 14.2 Å². The van der Waals surface area contributed by atoms with Crippen molar-refractivity contribution in [1.29, 1.82) is 0 Å². The fraction of sp³-hybridized carbons (Fsp3) is 0.414. The lowest BCUT2D eigenvalue weighted by Crippen LogP contribution is -2.40. The monoisotopic (exact) mass is 553 g/mol. The van der Waals surface area contributed by atoms with Crippen LogP contribution in [0.3, 0.4) is 0 Å². The van der Waals surface area contributed by atoms with Gasteiger partial charge >= 0.3 is 6.09 Å². The number of aromatic nitrogens is 2. The average molecular weight is 554 g/mol. The highest BCUT2D eigenvalue weighted by Gasteiger charge is 2.43. The van der Waals surface area contributed by atoms with Crippen LogP contribution in [0.4, 0.5) is 10.5 Å². The third-order valence-corrected chi connectivity index (χ3v) is 7.61. The second kappa shape index (κ2) is 10.8. The predicted molar refractivity (Wildman–Crippen MR) is 149 cm³/mol. The number of halogens is 1. The molecule has 0 bridgehead atoms. The Balaban J connectivity index is 1.46. The summed E-state index contributed by atoms with van der Waals surface area (Å²) in [4.78, 5) is 22.0. The van der Waals surface area contributed by atoms with Gasteiger partial charge in [-0.05, 0) is 75.1 Å². The summed E-state index contributed by atoms with van der Waals surface area (Å²) in [5, 5.41) is 4.12. The zero-order valence-electron chi connectivity index (χ0n) is 22.1. The molecule has 1 unspecified atom stereocenters. The average Bonchev–Trinajstić information content (AvgIpc) is 2.87. The SMILES string of the molecule is CSc1nc2c(c(OCc3ccccc3)n1)COC1(CCCc3c(Cl)cc(NC(=O)OC(C)(C)C)cc31)C2. The summed E-state index contributed by atoms with van der Waals surface area (Å²) in [6.07, 6.45) is 4.63. The molecular weight excluding hydrogens is 522 g/mol. The molecule has 1 spiro atoms. The molecule has 1 aliphatic carbocycles. The predicted octanol–water partition coefficient (Wildman–Crippen LogP) is 7.08. The zero-order chi connectivity index (χ0) is 26.9. The Morgan fingerprint density at radius 2 is 1.97 bits per heavy atom. The molecule has 5 rings (SSSR count). The number of hydrogen-bond donors (Lipinski definition) is 1. The number of nitrogens with one attached hydrogen (secondary N) is 1. The van der Waals surface area contributed by atoms with Gasteiger partial charge in [-0.1, -0.05) is 53.7 Å². The number of carbonyl (C=O) groups is 1. The van der Waals surface area contributed by atoms with E-state index >= 15 is 0 Å². The van der Waals surface area contributed by atoms with E-state index in [1.165, 1.54) is 11.8 Å². The molecule has 1 atom stereocenters. The number of ether oxygens (including phenoxy) is 3. The second-order valence-corrected chi connectivity index (χ2v) is 11.8. The number of fused-ring (bicyclic) bond motifs is 3. The molecule has 1 aliphatic heterocycles. The van der Waals surface area contributed by atoms with E-state index in [0.717, 1.165) is 47.2 Å². The Morgan fingerprint density at radius 3 is 2.71 bits per heavy atom. The summed E-state index contributed by atoms with van der Waals surface area (Å²) >= 11 is 8.23. The number of benzene rings is 2. The molecule has 1 aromatic heterocycles. The topological polar surface area (TPSA) is 82.6 Å². The molecule has 2 aliphatic rings. The molecule has 1 amide bonds. The van der Waals surface area contributed by atoms with Crippen molar-refractivity contribution in [1.82, 2.24) is 9.97 Å². The van der Waals surface area contributed by atoms with E-state index in [2.05, 4.69) is 10.3 Å². The van der Waals surface area contributed by atoms with E-state index < -0.39 is 17.3 Å². The van der Waals surface area contributed by atoms with E-state index in [0.29, 0.717) is 41.4 Å². The van der Waals surface area contributed by atoms with Gasteiger partial charge in [0.05, 0.1) is 23.5 Å². The highest BCUT2D eigenvalue weighted by molar-refractivity contribution is 7.98. The standard InChI is InChI=1S/C29H32ClN3O4S/c1-28(2,3)37-27(34)31-19-13-22-20(23(30)14-19)11-8-12-29(22)15-24-21(17-36-29)25(33-26(32-24)38-4)35-16-18-9-6-5-7-10-18/h5-7,9-10,13-14H,8,11-12,15-17H2,1-4H3,(H,31,34). The molecule has 38 heavy (non-hydrogen) atoms. The van der Waals surface area contributed by atoms with Gasteiger partial charge in [-0.15, -0.1) is 0 Å². The molecule has 2 aromatic carbocycles. The molecule has 2 heterocycles. The summed E-state index contributed by atoms with van der Waals surface area (Å²) in [7, 11) is 0. The number of carbonyl (C=O) groups excluding carboxylic acids is 1. The fourth-order valence-corrected chi connectivity index (χ4v) is 5.74. The van der Waals surface area contributed by atoms with Crippen LogP contribution < -0.4 is 10.1 Å². The first kappa shape index (κ1) is 26.8. The Hall–Kier alpha value is -2.81. The molecule has 7 nitrogen and oxygen atoms in total. The molecule has 1 N–H and O–H groups in total. The van der Waals surface area contributed by atoms with E-state index in [9.17, 15) is 4.79 Å². The van der Waals surface area contributed by atoms with Gasteiger partial charge in [-0.25, -0.2) is 9.78 Å². The van der Waals surface area contributed by atoms with E-state index in [1.807, 2.05) is 63.4 Å².